The maximum Gasteiger partial charge on any atom is 0.264 e. The van der Waals surface area contributed by atoms with Gasteiger partial charge in [0.25, 0.3) is 10.0 Å². The Morgan fingerprint density at radius 2 is 1.87 bits per heavy atom. The molecule has 39 heavy (non-hydrogen) atoms. The molecule has 3 atom stereocenters. The van der Waals surface area contributed by atoms with E-state index in [-0.39, 0.29) is 21.7 Å². The van der Waals surface area contributed by atoms with Crippen LogP contribution >= 0.6 is 23.1 Å². The number of sulfonamides is 2. The molecule has 1 heterocycles. The Hall–Kier alpha value is -2.40. The monoisotopic (exact) mass is 612 g/mol. The van der Waals surface area contributed by atoms with Crippen molar-refractivity contribution in [2.45, 2.75) is 28.4 Å². The number of rotatable bonds is 12. The predicted molar refractivity (Wildman–Crippen MR) is 154 cm³/mol. The van der Waals surface area contributed by atoms with Crippen molar-refractivity contribution in [3.05, 3.63) is 35.3 Å². The van der Waals surface area contributed by atoms with Gasteiger partial charge in [-0.25, -0.2) is 31.3 Å². The molecule has 4 aliphatic carbocycles. The third-order valence-electron chi connectivity index (χ3n) is 7.59. The minimum Gasteiger partial charge on any atom is -0.370 e. The van der Waals surface area contributed by atoms with Crippen LogP contribution in [0.4, 0.5) is 5.13 Å². The normalized spacial score (nSPS) is 25.5. The highest BCUT2D eigenvalue weighted by atomic mass is 32.2. The lowest BCUT2D eigenvalue weighted by Crippen LogP contribution is -2.41. The first-order valence-corrected chi connectivity index (χ1v) is 17.5. The highest BCUT2D eigenvalue weighted by molar-refractivity contribution is 7.98. The van der Waals surface area contributed by atoms with Gasteiger partial charge in [-0.2, -0.15) is 16.8 Å². The second kappa shape index (κ2) is 11.2. The van der Waals surface area contributed by atoms with Gasteiger partial charge >= 0.3 is 0 Å². The number of aromatic nitrogens is 1. The molecule has 0 amide bonds. The Morgan fingerprint density at radius 3 is 2.51 bits per heavy atom. The SMILES string of the molecule is CN=C(NCCSCc1csc(N=C(N)N)n1)NS(=O)(=O)c1cccc(S(=O)(=O)NCC2C3CC4C(C3)C24)c1. The van der Waals surface area contributed by atoms with Crippen LogP contribution in [-0.4, -0.2) is 59.6 Å². The molecule has 0 aliphatic heterocycles. The van der Waals surface area contributed by atoms with Gasteiger partial charge in [-0.15, -0.1) is 11.3 Å². The molecular formula is C23H32N8O4S4. The van der Waals surface area contributed by atoms with Crippen molar-refractivity contribution in [3.63, 3.8) is 0 Å². The highest BCUT2D eigenvalue weighted by Crippen LogP contribution is 2.73. The smallest absolute Gasteiger partial charge is 0.264 e. The minimum atomic E-state index is -4.07. The lowest BCUT2D eigenvalue weighted by molar-refractivity contribution is 0.408. The average Bonchev–Trinajstić information content (AvgIpc) is 3.38. The van der Waals surface area contributed by atoms with E-state index in [1.54, 1.807) is 11.8 Å². The number of nitrogens with one attached hydrogen (secondary N) is 3. The lowest BCUT2D eigenvalue weighted by atomic mass is 9.99. The summed E-state index contributed by atoms with van der Waals surface area (Å²) in [5.41, 5.74) is 11.6. The fourth-order valence-corrected chi connectivity index (χ4v) is 9.75. The van der Waals surface area contributed by atoms with Gasteiger partial charge < -0.3 is 16.8 Å². The maximum atomic E-state index is 13.0. The molecule has 16 heteroatoms. The van der Waals surface area contributed by atoms with E-state index >= 15 is 0 Å². The summed E-state index contributed by atoms with van der Waals surface area (Å²) in [4.78, 5) is 12.0. The highest BCUT2D eigenvalue weighted by Gasteiger charge is 2.67. The van der Waals surface area contributed by atoms with E-state index < -0.39 is 20.0 Å². The molecule has 4 aliphatic rings. The third kappa shape index (κ3) is 6.34. The molecule has 212 valence electrons. The Morgan fingerprint density at radius 1 is 1.15 bits per heavy atom. The molecule has 1 aromatic carbocycles. The number of hydrogen-bond donors (Lipinski definition) is 5. The maximum absolute atomic E-state index is 13.0. The van der Waals surface area contributed by atoms with Crippen LogP contribution in [-0.2, 0) is 25.8 Å². The van der Waals surface area contributed by atoms with Crippen molar-refractivity contribution in [1.82, 2.24) is 19.7 Å². The quantitative estimate of drug-likeness (QED) is 0.132. The second-order valence-corrected chi connectivity index (χ2v) is 15.3. The van der Waals surface area contributed by atoms with Gasteiger partial charge in [-0.1, -0.05) is 6.07 Å². The van der Waals surface area contributed by atoms with Crippen LogP contribution in [0.3, 0.4) is 0 Å². The molecule has 0 spiro atoms. The number of thioether (sulfide) groups is 1. The summed E-state index contributed by atoms with van der Waals surface area (Å²) in [6, 6.07) is 5.36. The number of thiazole rings is 1. The van der Waals surface area contributed by atoms with Gasteiger partial charge in [-0.05, 0) is 60.6 Å². The Balaban J connectivity index is 1.11. The van der Waals surface area contributed by atoms with Crippen molar-refractivity contribution in [3.8, 4) is 0 Å². The van der Waals surface area contributed by atoms with E-state index in [4.69, 9.17) is 11.5 Å². The first-order valence-electron chi connectivity index (χ1n) is 12.5. The minimum absolute atomic E-state index is 0.0433. The molecule has 4 bridgehead atoms. The second-order valence-electron chi connectivity index (χ2n) is 9.94. The summed E-state index contributed by atoms with van der Waals surface area (Å²) >= 11 is 2.94. The van der Waals surface area contributed by atoms with Crippen molar-refractivity contribution < 1.29 is 16.8 Å². The standard InChI is InChI=1S/C23H32N8O4S4/c1-26-22(27-5-6-36-11-14-12-37-23(29-14)30-21(24)25)31-39(34,35)16-4-2-3-15(9-16)38(32,33)28-10-19-13-7-17-18(8-13)20(17)19/h2-4,9,12-13,17-20,28H,5-8,10-11H2,1H3,(H2,26,27,31)(H4,24,25,29,30). The summed E-state index contributed by atoms with van der Waals surface area (Å²) in [7, 11) is -6.44. The summed E-state index contributed by atoms with van der Waals surface area (Å²) in [6.45, 7) is 0.850. The Labute approximate surface area is 236 Å². The summed E-state index contributed by atoms with van der Waals surface area (Å²) in [5.74, 6) is 4.60. The summed E-state index contributed by atoms with van der Waals surface area (Å²) in [6.07, 6.45) is 2.45. The van der Waals surface area contributed by atoms with E-state index in [2.05, 4.69) is 29.7 Å². The van der Waals surface area contributed by atoms with Crippen molar-refractivity contribution in [2.24, 2.45) is 51.0 Å². The molecule has 2 aromatic rings. The van der Waals surface area contributed by atoms with Crippen LogP contribution < -0.4 is 26.2 Å². The molecule has 4 fully saturated rings. The Kier molecular flexibility index (Phi) is 8.10. The molecule has 7 N–H and O–H groups in total. The zero-order chi connectivity index (χ0) is 27.8. The van der Waals surface area contributed by atoms with Crippen LogP contribution in [0.5, 0.6) is 0 Å². The summed E-state index contributed by atoms with van der Waals surface area (Å²) < 4.78 is 57.1. The number of benzene rings is 1. The van der Waals surface area contributed by atoms with E-state index in [0.717, 1.165) is 17.5 Å². The molecule has 1 aromatic heterocycles. The van der Waals surface area contributed by atoms with Gasteiger partial charge in [0.15, 0.2) is 5.96 Å². The van der Waals surface area contributed by atoms with Crippen molar-refractivity contribution in [2.75, 3.05) is 25.9 Å². The van der Waals surface area contributed by atoms with Gasteiger partial charge in [-0.3, -0.25) is 4.99 Å². The molecule has 3 unspecified atom stereocenters. The molecule has 12 nitrogen and oxygen atoms in total. The fourth-order valence-electron chi connectivity index (χ4n) is 5.92. The van der Waals surface area contributed by atoms with Gasteiger partial charge in [0, 0.05) is 37.0 Å². The largest absolute Gasteiger partial charge is 0.370 e. The van der Waals surface area contributed by atoms with Crippen LogP contribution in [0, 0.1) is 29.6 Å². The van der Waals surface area contributed by atoms with E-state index in [1.807, 2.05) is 5.38 Å². The first-order chi connectivity index (χ1) is 18.6. The van der Waals surface area contributed by atoms with Gasteiger partial charge in [0.1, 0.15) is 0 Å². The molecule has 6 rings (SSSR count). The Bertz CT molecular complexity index is 1470. The van der Waals surface area contributed by atoms with Gasteiger partial charge in [0.05, 0.1) is 15.5 Å². The van der Waals surface area contributed by atoms with Crippen LogP contribution in [0.1, 0.15) is 18.5 Å². The third-order valence-corrected chi connectivity index (χ3v) is 12.1. The molecule has 0 radical (unpaired) electrons. The first kappa shape index (κ1) is 28.1. The zero-order valence-corrected chi connectivity index (χ0v) is 24.5. The van der Waals surface area contributed by atoms with Crippen molar-refractivity contribution in [1.29, 1.82) is 0 Å². The van der Waals surface area contributed by atoms with Gasteiger partial charge in [0.2, 0.25) is 21.1 Å². The van der Waals surface area contributed by atoms with Crippen LogP contribution in [0.25, 0.3) is 0 Å². The topological polar surface area (TPSA) is 194 Å². The number of nitrogens with zero attached hydrogens (tertiary/aromatic N) is 3. The summed E-state index contributed by atoms with van der Waals surface area (Å²) in [5, 5.41) is 5.33. The predicted octanol–water partition coefficient (Wildman–Crippen LogP) is 1.02. The lowest BCUT2D eigenvalue weighted by Gasteiger charge is -2.16. The number of guanidine groups is 2. The molecular weight excluding hydrogens is 581 g/mol. The van der Waals surface area contributed by atoms with E-state index in [0.29, 0.717) is 47.5 Å². The fraction of sp³-hybridized carbons (Fsp3) is 0.522. The number of aliphatic imine (C=N–C) groups is 2. The van der Waals surface area contributed by atoms with Crippen LogP contribution in [0.2, 0.25) is 0 Å². The molecule has 4 saturated carbocycles. The number of nitrogens with two attached hydrogens (primary N) is 2. The van der Waals surface area contributed by atoms with E-state index in [9.17, 15) is 16.8 Å². The zero-order valence-electron chi connectivity index (χ0n) is 21.3. The van der Waals surface area contributed by atoms with Crippen LogP contribution in [0.15, 0.2) is 49.4 Å². The average molecular weight is 613 g/mol. The number of hydrogen-bond acceptors (Lipinski definition) is 9. The van der Waals surface area contributed by atoms with E-state index in [1.165, 1.54) is 55.5 Å². The molecule has 0 saturated heterocycles. The van der Waals surface area contributed by atoms with Crippen molar-refractivity contribution >= 4 is 60.2 Å².